The number of hydrogen-bond donors (Lipinski definition) is 2. The Kier molecular flexibility index (Phi) is 6.33. The normalized spacial score (nSPS) is 15.1. The lowest BCUT2D eigenvalue weighted by molar-refractivity contribution is -0.122. The summed E-state index contributed by atoms with van der Waals surface area (Å²) in [7, 11) is 1.59. The summed E-state index contributed by atoms with van der Waals surface area (Å²) in [6.07, 6.45) is 5.21. The van der Waals surface area contributed by atoms with Gasteiger partial charge in [-0.3, -0.25) is 4.79 Å². The summed E-state index contributed by atoms with van der Waals surface area (Å²) < 4.78 is -0.879. The number of carbonyl (C=O) groups is 1. The minimum absolute atomic E-state index is 0.149. The number of unbranched alkanes of at least 4 members (excludes halogenated alkanes) is 3. The van der Waals surface area contributed by atoms with Crippen molar-refractivity contribution < 1.29 is 4.79 Å². The van der Waals surface area contributed by atoms with Gasteiger partial charge in [-0.2, -0.15) is 0 Å². The van der Waals surface area contributed by atoms with E-state index in [0.29, 0.717) is 6.42 Å². The highest BCUT2D eigenvalue weighted by Crippen LogP contribution is 2.19. The van der Waals surface area contributed by atoms with Crippen LogP contribution in [0.5, 0.6) is 0 Å². The fourth-order valence-electron chi connectivity index (χ4n) is 1.13. The van der Waals surface area contributed by atoms with Gasteiger partial charge < -0.3 is 11.1 Å². The third-order valence-electron chi connectivity index (χ3n) is 2.00. The first-order valence-electron chi connectivity index (χ1n) is 4.74. The fraction of sp³-hybridized carbons (Fsp3) is 0.889. The summed E-state index contributed by atoms with van der Waals surface area (Å²) in [5, 5.41) is 2.54. The Morgan fingerprint density at radius 1 is 1.46 bits per heavy atom. The summed E-state index contributed by atoms with van der Waals surface area (Å²) in [4.78, 5) is 11.2. The van der Waals surface area contributed by atoms with E-state index < -0.39 is 4.45 Å². The van der Waals surface area contributed by atoms with E-state index in [4.69, 9.17) is 5.73 Å². The monoisotopic (exact) mass is 250 g/mol. The minimum Gasteiger partial charge on any atom is -0.357 e. The van der Waals surface area contributed by atoms with Crippen LogP contribution < -0.4 is 11.1 Å². The average molecular weight is 251 g/mol. The maximum Gasteiger partial charge on any atom is 0.250 e. The third-order valence-corrected chi connectivity index (χ3v) is 2.76. The van der Waals surface area contributed by atoms with E-state index in [1.165, 1.54) is 12.8 Å². The molecule has 4 heteroatoms. The van der Waals surface area contributed by atoms with E-state index in [1.807, 2.05) is 0 Å². The van der Waals surface area contributed by atoms with Crippen LogP contribution in [-0.4, -0.2) is 17.4 Å². The molecule has 0 saturated carbocycles. The molecule has 1 atom stereocenters. The van der Waals surface area contributed by atoms with Crippen LogP contribution in [0.1, 0.15) is 39.0 Å². The van der Waals surface area contributed by atoms with Crippen molar-refractivity contribution in [1.82, 2.24) is 5.32 Å². The van der Waals surface area contributed by atoms with Crippen LogP contribution in [0.25, 0.3) is 0 Å². The summed E-state index contributed by atoms with van der Waals surface area (Å²) in [5.41, 5.74) is 5.76. The van der Waals surface area contributed by atoms with E-state index in [9.17, 15) is 4.79 Å². The maximum absolute atomic E-state index is 11.2. The SMILES string of the molecule is CCCCCCC(N)(Br)C(=O)NC. The van der Waals surface area contributed by atoms with Gasteiger partial charge in [-0.1, -0.05) is 48.5 Å². The van der Waals surface area contributed by atoms with Gasteiger partial charge >= 0.3 is 0 Å². The zero-order valence-electron chi connectivity index (χ0n) is 8.40. The molecule has 0 aromatic rings. The van der Waals surface area contributed by atoms with Crippen LogP contribution in [0.3, 0.4) is 0 Å². The number of nitrogens with two attached hydrogens (primary N) is 1. The lowest BCUT2D eigenvalue weighted by Gasteiger charge is -2.19. The number of likely N-dealkylation sites (N-methyl/N-ethyl adjacent to an activating group) is 1. The molecule has 0 spiro atoms. The Bertz CT molecular complexity index is 160. The van der Waals surface area contributed by atoms with E-state index in [-0.39, 0.29) is 5.91 Å². The van der Waals surface area contributed by atoms with Crippen molar-refractivity contribution in [2.75, 3.05) is 7.05 Å². The standard InChI is InChI=1S/C9H19BrN2O/c1-3-4-5-6-7-9(10,11)8(13)12-2/h3-7,11H2,1-2H3,(H,12,13). The van der Waals surface area contributed by atoms with Crippen molar-refractivity contribution in [2.45, 2.75) is 43.5 Å². The van der Waals surface area contributed by atoms with Gasteiger partial charge in [-0.15, -0.1) is 0 Å². The summed E-state index contributed by atoms with van der Waals surface area (Å²) in [6, 6.07) is 0. The number of hydrogen-bond acceptors (Lipinski definition) is 2. The maximum atomic E-state index is 11.2. The predicted octanol–water partition coefficient (Wildman–Crippen LogP) is 1.75. The second-order valence-corrected chi connectivity index (χ2v) is 4.67. The van der Waals surface area contributed by atoms with Crippen molar-refractivity contribution in [1.29, 1.82) is 0 Å². The van der Waals surface area contributed by atoms with E-state index in [2.05, 4.69) is 28.2 Å². The van der Waals surface area contributed by atoms with Gasteiger partial charge in [0.15, 0.2) is 4.45 Å². The van der Waals surface area contributed by atoms with Crippen LogP contribution in [-0.2, 0) is 4.79 Å². The van der Waals surface area contributed by atoms with Gasteiger partial charge in [-0.05, 0) is 6.42 Å². The number of halogens is 1. The highest BCUT2D eigenvalue weighted by atomic mass is 79.9. The Morgan fingerprint density at radius 2 is 2.08 bits per heavy atom. The van der Waals surface area contributed by atoms with Gasteiger partial charge in [0, 0.05) is 7.05 Å². The molecule has 3 N–H and O–H groups in total. The second-order valence-electron chi connectivity index (χ2n) is 3.25. The molecule has 0 aliphatic carbocycles. The second kappa shape index (κ2) is 6.38. The van der Waals surface area contributed by atoms with E-state index in [0.717, 1.165) is 12.8 Å². The largest absolute Gasteiger partial charge is 0.357 e. The van der Waals surface area contributed by atoms with E-state index >= 15 is 0 Å². The first-order valence-corrected chi connectivity index (χ1v) is 5.54. The number of carbonyl (C=O) groups excluding carboxylic acids is 1. The molecular formula is C9H19BrN2O. The molecular weight excluding hydrogens is 232 g/mol. The van der Waals surface area contributed by atoms with Gasteiger partial charge in [0.25, 0.3) is 5.91 Å². The molecule has 0 aromatic heterocycles. The molecule has 0 heterocycles. The Balaban J connectivity index is 3.69. The first kappa shape index (κ1) is 12.9. The lowest BCUT2D eigenvalue weighted by Crippen LogP contribution is -2.47. The van der Waals surface area contributed by atoms with Crippen LogP contribution in [0.2, 0.25) is 0 Å². The summed E-state index contributed by atoms with van der Waals surface area (Å²) >= 11 is 3.23. The Morgan fingerprint density at radius 3 is 2.54 bits per heavy atom. The van der Waals surface area contributed by atoms with Gasteiger partial charge in [0.05, 0.1) is 0 Å². The van der Waals surface area contributed by atoms with Crippen molar-refractivity contribution in [2.24, 2.45) is 5.73 Å². The van der Waals surface area contributed by atoms with Crippen LogP contribution in [0, 0.1) is 0 Å². The van der Waals surface area contributed by atoms with Crippen LogP contribution >= 0.6 is 15.9 Å². The lowest BCUT2D eigenvalue weighted by atomic mass is 10.1. The molecule has 0 fully saturated rings. The van der Waals surface area contributed by atoms with Crippen molar-refractivity contribution in [3.8, 4) is 0 Å². The zero-order chi connectivity index (χ0) is 10.3. The van der Waals surface area contributed by atoms with Crippen LogP contribution in [0.4, 0.5) is 0 Å². The Hall–Kier alpha value is -0.0900. The predicted molar refractivity (Wildman–Crippen MR) is 58.7 cm³/mol. The molecule has 3 nitrogen and oxygen atoms in total. The van der Waals surface area contributed by atoms with Gasteiger partial charge in [-0.25, -0.2) is 0 Å². The average Bonchev–Trinajstić information content (AvgIpc) is 2.11. The van der Waals surface area contributed by atoms with Gasteiger partial charge in [0.2, 0.25) is 0 Å². The van der Waals surface area contributed by atoms with Gasteiger partial charge in [0.1, 0.15) is 0 Å². The minimum atomic E-state index is -0.879. The molecule has 1 amide bonds. The summed E-state index contributed by atoms with van der Waals surface area (Å²) in [6.45, 7) is 2.16. The topological polar surface area (TPSA) is 55.1 Å². The highest BCUT2D eigenvalue weighted by Gasteiger charge is 2.28. The molecule has 0 rings (SSSR count). The zero-order valence-corrected chi connectivity index (χ0v) is 9.99. The quantitative estimate of drug-likeness (QED) is 0.429. The van der Waals surface area contributed by atoms with Crippen molar-refractivity contribution in [3.63, 3.8) is 0 Å². The molecule has 0 saturated heterocycles. The number of amides is 1. The van der Waals surface area contributed by atoms with Crippen LogP contribution in [0.15, 0.2) is 0 Å². The number of rotatable bonds is 6. The summed E-state index contributed by atoms with van der Waals surface area (Å²) in [5.74, 6) is -0.149. The molecule has 0 radical (unpaired) electrons. The molecule has 13 heavy (non-hydrogen) atoms. The molecule has 0 aromatic carbocycles. The molecule has 0 bridgehead atoms. The number of alkyl halides is 1. The molecule has 78 valence electrons. The Labute approximate surface area is 88.6 Å². The third kappa shape index (κ3) is 5.26. The molecule has 0 aliphatic rings. The molecule has 0 aliphatic heterocycles. The first-order chi connectivity index (χ1) is 6.04. The molecule has 1 unspecified atom stereocenters. The van der Waals surface area contributed by atoms with E-state index in [1.54, 1.807) is 7.05 Å². The number of nitrogens with one attached hydrogen (secondary N) is 1. The fourth-order valence-corrected chi connectivity index (χ4v) is 1.61. The smallest absolute Gasteiger partial charge is 0.250 e. The van der Waals surface area contributed by atoms with Crippen molar-refractivity contribution in [3.05, 3.63) is 0 Å². The van der Waals surface area contributed by atoms with Crippen molar-refractivity contribution >= 4 is 21.8 Å². The highest BCUT2D eigenvalue weighted by molar-refractivity contribution is 9.10.